The van der Waals surface area contributed by atoms with E-state index in [2.05, 4.69) is 0 Å². The molecule has 1 N–H and O–H groups in total. The Balaban J connectivity index is 2.24. The van der Waals surface area contributed by atoms with Crippen molar-refractivity contribution in [2.24, 2.45) is 0 Å². The number of cyclic esters (lactones) is 1. The Morgan fingerprint density at radius 1 is 1.44 bits per heavy atom. The molecule has 0 saturated carbocycles. The van der Waals surface area contributed by atoms with Gasteiger partial charge in [0, 0.05) is 6.07 Å². The van der Waals surface area contributed by atoms with Gasteiger partial charge < -0.3 is 9.84 Å². The minimum Gasteiger partial charge on any atom is -0.441 e. The van der Waals surface area contributed by atoms with Gasteiger partial charge in [0.15, 0.2) is 11.6 Å². The molecule has 0 unspecified atom stereocenters. The van der Waals surface area contributed by atoms with E-state index in [9.17, 15) is 13.6 Å². The molecule has 4 nitrogen and oxygen atoms in total. The van der Waals surface area contributed by atoms with Gasteiger partial charge in [-0.25, -0.2) is 13.6 Å². The summed E-state index contributed by atoms with van der Waals surface area (Å²) in [5.74, 6) is -2.01. The van der Waals surface area contributed by atoms with Crippen molar-refractivity contribution in [3.05, 3.63) is 29.8 Å². The van der Waals surface area contributed by atoms with Gasteiger partial charge in [0.05, 0.1) is 18.8 Å². The quantitative estimate of drug-likeness (QED) is 0.831. The van der Waals surface area contributed by atoms with Crippen LogP contribution in [0.1, 0.15) is 0 Å². The Morgan fingerprint density at radius 2 is 2.19 bits per heavy atom. The van der Waals surface area contributed by atoms with Gasteiger partial charge in [0.2, 0.25) is 0 Å². The molecule has 1 amide bonds. The molecule has 0 spiro atoms. The second kappa shape index (κ2) is 4.05. The van der Waals surface area contributed by atoms with Crippen molar-refractivity contribution in [2.45, 2.75) is 6.10 Å². The fraction of sp³-hybridized carbons (Fsp3) is 0.300. The van der Waals surface area contributed by atoms with Gasteiger partial charge in [-0.3, -0.25) is 4.90 Å². The van der Waals surface area contributed by atoms with E-state index in [1.54, 1.807) is 0 Å². The van der Waals surface area contributed by atoms with Gasteiger partial charge in [-0.2, -0.15) is 0 Å². The minimum atomic E-state index is -1.03. The predicted molar refractivity (Wildman–Crippen MR) is 51.1 cm³/mol. The van der Waals surface area contributed by atoms with Crippen molar-refractivity contribution < 1.29 is 23.4 Å². The summed E-state index contributed by atoms with van der Waals surface area (Å²) in [6.07, 6.45) is -1.30. The molecule has 86 valence electrons. The lowest BCUT2D eigenvalue weighted by Crippen LogP contribution is -2.25. The maximum Gasteiger partial charge on any atom is 0.414 e. The van der Waals surface area contributed by atoms with Crippen LogP contribution in [0.5, 0.6) is 0 Å². The number of rotatable bonds is 2. The molecule has 0 aliphatic carbocycles. The van der Waals surface area contributed by atoms with Crippen LogP contribution in [-0.4, -0.2) is 30.5 Å². The molecule has 16 heavy (non-hydrogen) atoms. The summed E-state index contributed by atoms with van der Waals surface area (Å²) in [6.45, 7) is -0.174. The fourth-order valence-corrected chi connectivity index (χ4v) is 1.48. The van der Waals surface area contributed by atoms with Crippen LogP contribution in [0.3, 0.4) is 0 Å². The van der Waals surface area contributed by atoms with E-state index in [1.165, 1.54) is 6.07 Å². The zero-order chi connectivity index (χ0) is 11.7. The molecule has 1 aliphatic rings. The van der Waals surface area contributed by atoms with Crippen LogP contribution in [-0.2, 0) is 4.74 Å². The highest BCUT2D eigenvalue weighted by molar-refractivity contribution is 5.89. The maximum absolute atomic E-state index is 12.9. The van der Waals surface area contributed by atoms with E-state index >= 15 is 0 Å². The number of ether oxygens (including phenoxy) is 1. The zero-order valence-corrected chi connectivity index (χ0v) is 8.19. The third-order valence-electron chi connectivity index (χ3n) is 2.29. The van der Waals surface area contributed by atoms with Crippen LogP contribution in [0.15, 0.2) is 18.2 Å². The summed E-state index contributed by atoms with van der Waals surface area (Å²) in [5, 5.41) is 8.81. The number of nitrogens with zero attached hydrogens (tertiary/aromatic N) is 1. The van der Waals surface area contributed by atoms with Crippen molar-refractivity contribution >= 4 is 11.8 Å². The largest absolute Gasteiger partial charge is 0.441 e. The summed E-state index contributed by atoms with van der Waals surface area (Å²) >= 11 is 0. The summed E-state index contributed by atoms with van der Waals surface area (Å²) < 4.78 is 30.4. The third kappa shape index (κ3) is 1.83. The van der Waals surface area contributed by atoms with Gasteiger partial charge in [-0.1, -0.05) is 0 Å². The summed E-state index contributed by atoms with van der Waals surface area (Å²) in [6, 6.07) is 3.12. The first-order valence-corrected chi connectivity index (χ1v) is 4.66. The van der Waals surface area contributed by atoms with E-state index in [4.69, 9.17) is 9.84 Å². The summed E-state index contributed by atoms with van der Waals surface area (Å²) in [7, 11) is 0. The average Bonchev–Trinajstić information content (AvgIpc) is 2.64. The van der Waals surface area contributed by atoms with Crippen molar-refractivity contribution in [1.29, 1.82) is 0 Å². The molecule has 2 rings (SSSR count). The number of aliphatic hydroxyl groups is 1. The van der Waals surface area contributed by atoms with Gasteiger partial charge >= 0.3 is 6.09 Å². The molecule has 1 fully saturated rings. The number of carbonyl (C=O) groups is 1. The molecule has 0 radical (unpaired) electrons. The van der Waals surface area contributed by atoms with Gasteiger partial charge in [-0.15, -0.1) is 0 Å². The zero-order valence-electron chi connectivity index (χ0n) is 8.19. The van der Waals surface area contributed by atoms with E-state index in [0.29, 0.717) is 0 Å². The van der Waals surface area contributed by atoms with Crippen molar-refractivity contribution in [3.63, 3.8) is 0 Å². The van der Waals surface area contributed by atoms with Crippen molar-refractivity contribution in [3.8, 4) is 0 Å². The van der Waals surface area contributed by atoms with Crippen LogP contribution in [0.25, 0.3) is 0 Å². The Hall–Kier alpha value is -1.69. The maximum atomic E-state index is 12.9. The number of hydrogen-bond acceptors (Lipinski definition) is 3. The lowest BCUT2D eigenvalue weighted by atomic mass is 10.2. The van der Waals surface area contributed by atoms with Gasteiger partial charge in [0.1, 0.15) is 6.10 Å². The molecule has 0 aromatic heterocycles. The summed E-state index contributed by atoms with van der Waals surface area (Å²) in [4.78, 5) is 12.5. The highest BCUT2D eigenvalue weighted by Gasteiger charge is 2.32. The fourth-order valence-electron chi connectivity index (χ4n) is 1.48. The van der Waals surface area contributed by atoms with E-state index in [1.807, 2.05) is 0 Å². The van der Waals surface area contributed by atoms with Gasteiger partial charge in [-0.05, 0) is 12.1 Å². The predicted octanol–water partition coefficient (Wildman–Crippen LogP) is 1.28. The first-order chi connectivity index (χ1) is 7.61. The third-order valence-corrected chi connectivity index (χ3v) is 2.29. The van der Waals surface area contributed by atoms with Crippen LogP contribution in [0.2, 0.25) is 0 Å². The molecule has 1 aromatic rings. The topological polar surface area (TPSA) is 49.8 Å². The summed E-state index contributed by atoms with van der Waals surface area (Å²) in [5.41, 5.74) is 0.208. The first kappa shape index (κ1) is 10.8. The number of hydrogen-bond donors (Lipinski definition) is 1. The lowest BCUT2D eigenvalue weighted by molar-refractivity contribution is 0.0963. The average molecular weight is 229 g/mol. The Labute approximate surface area is 90.0 Å². The number of amides is 1. The van der Waals surface area contributed by atoms with Crippen molar-refractivity contribution in [1.82, 2.24) is 0 Å². The molecule has 0 bridgehead atoms. The lowest BCUT2D eigenvalue weighted by Gasteiger charge is -2.12. The molecule has 1 aromatic carbocycles. The van der Waals surface area contributed by atoms with Gasteiger partial charge in [0.25, 0.3) is 0 Å². The highest BCUT2D eigenvalue weighted by Crippen LogP contribution is 2.23. The first-order valence-electron chi connectivity index (χ1n) is 4.66. The highest BCUT2D eigenvalue weighted by atomic mass is 19.2. The van der Waals surface area contributed by atoms with Crippen LogP contribution in [0.4, 0.5) is 19.3 Å². The molecular weight excluding hydrogens is 220 g/mol. The van der Waals surface area contributed by atoms with E-state index in [-0.39, 0.29) is 18.8 Å². The monoisotopic (exact) mass is 229 g/mol. The second-order valence-corrected chi connectivity index (χ2v) is 3.40. The number of benzene rings is 1. The normalized spacial score (nSPS) is 20.1. The minimum absolute atomic E-state index is 0.125. The van der Waals surface area contributed by atoms with E-state index in [0.717, 1.165) is 17.0 Å². The molecule has 1 atom stereocenters. The van der Waals surface area contributed by atoms with Crippen LogP contribution < -0.4 is 4.90 Å². The standard InChI is InChI=1S/C10H9F2NO3/c11-8-2-1-6(3-9(8)12)13-4-7(5-14)16-10(13)15/h1-3,7,14H,4-5H2/t7-/m0/s1. The smallest absolute Gasteiger partial charge is 0.414 e. The van der Waals surface area contributed by atoms with Crippen LogP contribution in [0, 0.1) is 11.6 Å². The van der Waals surface area contributed by atoms with Crippen LogP contribution >= 0.6 is 0 Å². The number of carbonyl (C=O) groups excluding carboxylic acids is 1. The Morgan fingerprint density at radius 3 is 2.75 bits per heavy atom. The number of aliphatic hydroxyl groups excluding tert-OH is 1. The molecular formula is C10H9F2NO3. The molecule has 1 saturated heterocycles. The number of halogens is 2. The SMILES string of the molecule is O=C1O[C@H](CO)CN1c1ccc(F)c(F)c1. The van der Waals surface area contributed by atoms with E-state index < -0.39 is 23.8 Å². The second-order valence-electron chi connectivity index (χ2n) is 3.40. The Bertz CT molecular complexity index is 425. The Kier molecular flexibility index (Phi) is 2.74. The molecule has 1 heterocycles. The number of anilines is 1. The van der Waals surface area contributed by atoms with Crippen molar-refractivity contribution in [2.75, 3.05) is 18.1 Å². The molecule has 1 aliphatic heterocycles. The molecule has 6 heteroatoms.